The van der Waals surface area contributed by atoms with Gasteiger partial charge in [-0.2, -0.15) is 0 Å². The second-order valence-corrected chi connectivity index (χ2v) is 10.9. The number of hydrogen-bond acceptors (Lipinski definition) is 3. The minimum absolute atomic E-state index is 0.0325. The average Bonchev–Trinajstić information content (AvgIpc) is 3.36. The number of rotatable bonds is 8. The van der Waals surface area contributed by atoms with Gasteiger partial charge in [0, 0.05) is 42.8 Å². The number of benzene rings is 3. The summed E-state index contributed by atoms with van der Waals surface area (Å²) >= 11 is 0. The lowest BCUT2D eigenvalue weighted by atomic mass is 9.84. The first-order chi connectivity index (χ1) is 18.9. The van der Waals surface area contributed by atoms with Crippen LogP contribution in [0.4, 0.5) is 0 Å². The van der Waals surface area contributed by atoms with Crippen LogP contribution < -0.4 is 0 Å². The second kappa shape index (κ2) is 11.5. The van der Waals surface area contributed by atoms with Gasteiger partial charge in [0.2, 0.25) is 0 Å². The zero-order valence-corrected chi connectivity index (χ0v) is 22.7. The summed E-state index contributed by atoms with van der Waals surface area (Å²) < 4.78 is 2.21. The molecule has 0 aliphatic carbocycles. The van der Waals surface area contributed by atoms with Gasteiger partial charge in [0.25, 0.3) is 5.91 Å². The molecule has 0 fully saturated rings. The van der Waals surface area contributed by atoms with Crippen LogP contribution in [0.15, 0.2) is 122 Å². The van der Waals surface area contributed by atoms with Crippen molar-refractivity contribution < 1.29 is 4.79 Å². The van der Waals surface area contributed by atoms with Gasteiger partial charge >= 0.3 is 0 Å². The Hall–Kier alpha value is -4.51. The second-order valence-electron chi connectivity index (χ2n) is 10.9. The number of nitrogens with zero attached hydrogens (tertiary/aromatic N) is 4. The van der Waals surface area contributed by atoms with Crippen LogP contribution >= 0.6 is 0 Å². The van der Waals surface area contributed by atoms with Crippen LogP contribution in [0.2, 0.25) is 0 Å². The van der Waals surface area contributed by atoms with E-state index in [1.807, 2.05) is 77.8 Å². The average molecular weight is 515 g/mol. The van der Waals surface area contributed by atoms with Crippen LogP contribution in [0.5, 0.6) is 0 Å². The predicted octanol–water partition coefficient (Wildman–Crippen LogP) is 7.42. The molecule has 0 radical (unpaired) electrons. The van der Waals surface area contributed by atoms with Gasteiger partial charge < -0.3 is 9.47 Å². The van der Waals surface area contributed by atoms with Crippen LogP contribution in [-0.4, -0.2) is 25.3 Å². The van der Waals surface area contributed by atoms with Crippen molar-refractivity contribution in [2.45, 2.75) is 39.9 Å². The van der Waals surface area contributed by atoms with Crippen LogP contribution in [0, 0.1) is 5.41 Å². The summed E-state index contributed by atoms with van der Waals surface area (Å²) in [5, 5.41) is 0. The van der Waals surface area contributed by atoms with Gasteiger partial charge in [0.15, 0.2) is 0 Å². The molecule has 0 spiro atoms. The summed E-state index contributed by atoms with van der Waals surface area (Å²) in [6.07, 6.45) is 5.70. The van der Waals surface area contributed by atoms with Gasteiger partial charge in [0.05, 0.1) is 11.7 Å². The van der Waals surface area contributed by atoms with E-state index in [1.165, 1.54) is 5.56 Å². The van der Waals surface area contributed by atoms with E-state index in [2.05, 4.69) is 72.9 Å². The highest BCUT2D eigenvalue weighted by Crippen LogP contribution is 2.40. The maximum Gasteiger partial charge on any atom is 0.254 e. The van der Waals surface area contributed by atoms with Gasteiger partial charge in [-0.15, -0.1) is 0 Å². The first kappa shape index (κ1) is 26.1. The Morgan fingerprint density at radius 3 is 2.05 bits per heavy atom. The topological polar surface area (TPSA) is 51.0 Å². The molecule has 1 amide bonds. The van der Waals surface area contributed by atoms with Crippen molar-refractivity contribution in [3.8, 4) is 11.3 Å². The van der Waals surface area contributed by atoms with E-state index in [-0.39, 0.29) is 17.4 Å². The molecule has 0 saturated heterocycles. The molecular weight excluding hydrogens is 480 g/mol. The molecule has 0 bridgehead atoms. The Morgan fingerprint density at radius 1 is 0.821 bits per heavy atom. The molecule has 5 nitrogen and oxygen atoms in total. The highest BCUT2D eigenvalue weighted by molar-refractivity contribution is 5.94. The van der Waals surface area contributed by atoms with Crippen molar-refractivity contribution in [2.75, 3.05) is 0 Å². The molecule has 2 heterocycles. The quantitative estimate of drug-likeness (QED) is 0.216. The van der Waals surface area contributed by atoms with Crippen molar-refractivity contribution in [3.05, 3.63) is 144 Å². The Bertz CT molecular complexity index is 1490. The zero-order valence-electron chi connectivity index (χ0n) is 22.7. The van der Waals surface area contributed by atoms with E-state index in [9.17, 15) is 4.79 Å². The number of aromatic nitrogens is 3. The number of amides is 1. The van der Waals surface area contributed by atoms with Gasteiger partial charge in [-0.05, 0) is 34.7 Å². The molecule has 5 heteroatoms. The van der Waals surface area contributed by atoms with Crippen molar-refractivity contribution in [1.29, 1.82) is 0 Å². The molecule has 39 heavy (non-hydrogen) atoms. The fraction of sp³-hybridized carbons (Fsp3) is 0.206. The van der Waals surface area contributed by atoms with Crippen LogP contribution in [0.3, 0.4) is 0 Å². The third-order valence-corrected chi connectivity index (χ3v) is 6.81. The molecule has 5 rings (SSSR count). The van der Waals surface area contributed by atoms with E-state index < -0.39 is 0 Å². The lowest BCUT2D eigenvalue weighted by molar-refractivity contribution is 0.0456. The van der Waals surface area contributed by atoms with E-state index in [0.29, 0.717) is 18.7 Å². The van der Waals surface area contributed by atoms with Crippen molar-refractivity contribution >= 4 is 5.91 Å². The summed E-state index contributed by atoms with van der Waals surface area (Å²) in [6.45, 7) is 7.60. The molecule has 0 saturated carbocycles. The van der Waals surface area contributed by atoms with Crippen LogP contribution in [0.25, 0.3) is 11.3 Å². The van der Waals surface area contributed by atoms with Gasteiger partial charge in [-0.25, -0.2) is 4.98 Å². The van der Waals surface area contributed by atoms with Gasteiger partial charge in [-0.3, -0.25) is 9.78 Å². The number of carbonyl (C=O) groups excluding carboxylic acids is 1. The number of carbonyl (C=O) groups is 1. The standard InChI is InChI=1S/C34H34N4O/c1-34(2,3)31(38(24-27-16-13-21-35-22-27)33(39)29-19-11-6-12-20-29)32-36-30(28-17-9-5-10-18-28)25-37(32)23-26-14-7-4-8-15-26/h4-22,25,31H,23-24H2,1-3H3/t31-/m0/s1. The smallest absolute Gasteiger partial charge is 0.254 e. The van der Waals surface area contributed by atoms with E-state index in [0.717, 1.165) is 22.6 Å². The molecule has 0 aliphatic rings. The molecular formula is C34H34N4O. The third kappa shape index (κ3) is 6.15. The highest BCUT2D eigenvalue weighted by atomic mass is 16.2. The van der Waals surface area contributed by atoms with Crippen LogP contribution in [0.1, 0.15) is 54.1 Å². The fourth-order valence-electron chi connectivity index (χ4n) is 5.01. The van der Waals surface area contributed by atoms with Crippen molar-refractivity contribution in [1.82, 2.24) is 19.4 Å². The summed E-state index contributed by atoms with van der Waals surface area (Å²) in [6, 6.07) is 33.7. The molecule has 0 N–H and O–H groups in total. The lowest BCUT2D eigenvalue weighted by Crippen LogP contribution is -2.42. The minimum Gasteiger partial charge on any atom is -0.328 e. The van der Waals surface area contributed by atoms with E-state index in [1.54, 1.807) is 6.20 Å². The van der Waals surface area contributed by atoms with Crippen molar-refractivity contribution in [2.24, 2.45) is 5.41 Å². The summed E-state index contributed by atoms with van der Waals surface area (Å²) in [5.41, 5.74) is 4.42. The number of hydrogen-bond donors (Lipinski definition) is 0. The normalized spacial score (nSPS) is 12.2. The summed E-state index contributed by atoms with van der Waals surface area (Å²) in [5.74, 6) is 0.827. The molecule has 0 unspecified atom stereocenters. The fourth-order valence-corrected chi connectivity index (χ4v) is 5.01. The highest BCUT2D eigenvalue weighted by Gasteiger charge is 2.38. The Labute approximate surface area is 230 Å². The maximum absolute atomic E-state index is 14.2. The van der Waals surface area contributed by atoms with Crippen molar-refractivity contribution in [3.63, 3.8) is 0 Å². The number of imidazole rings is 1. The monoisotopic (exact) mass is 514 g/mol. The zero-order chi connectivity index (χ0) is 27.2. The maximum atomic E-state index is 14.2. The Kier molecular flexibility index (Phi) is 7.69. The Morgan fingerprint density at radius 2 is 1.44 bits per heavy atom. The van der Waals surface area contributed by atoms with Gasteiger partial charge in [0.1, 0.15) is 5.82 Å². The predicted molar refractivity (Wildman–Crippen MR) is 156 cm³/mol. The van der Waals surface area contributed by atoms with Gasteiger partial charge in [-0.1, -0.05) is 106 Å². The SMILES string of the molecule is CC(C)(C)[C@H](c1nc(-c2ccccc2)cn1Cc1ccccc1)N(Cc1cccnc1)C(=O)c1ccccc1. The first-order valence-electron chi connectivity index (χ1n) is 13.3. The largest absolute Gasteiger partial charge is 0.328 e. The first-order valence-corrected chi connectivity index (χ1v) is 13.3. The third-order valence-electron chi connectivity index (χ3n) is 6.81. The number of pyridine rings is 1. The molecule has 196 valence electrons. The minimum atomic E-state index is -0.319. The summed E-state index contributed by atoms with van der Waals surface area (Å²) in [7, 11) is 0. The van der Waals surface area contributed by atoms with Crippen LogP contribution in [-0.2, 0) is 13.1 Å². The molecule has 1 atom stereocenters. The molecule has 5 aromatic rings. The van der Waals surface area contributed by atoms with E-state index >= 15 is 0 Å². The molecule has 0 aliphatic heterocycles. The summed E-state index contributed by atoms with van der Waals surface area (Å²) in [4.78, 5) is 25.7. The molecule has 3 aromatic carbocycles. The Balaban J connectivity index is 1.67. The van der Waals surface area contributed by atoms with E-state index in [4.69, 9.17) is 4.98 Å². The lowest BCUT2D eigenvalue weighted by Gasteiger charge is -2.40. The molecule has 2 aromatic heterocycles.